The summed E-state index contributed by atoms with van der Waals surface area (Å²) in [6, 6.07) is 0. The van der Waals surface area contributed by atoms with Crippen molar-refractivity contribution in [1.29, 1.82) is 0 Å². The highest BCUT2D eigenvalue weighted by atomic mass is 16.2. The molecule has 8 heavy (non-hydrogen) atoms. The van der Waals surface area contributed by atoms with E-state index in [1.54, 1.807) is 0 Å². The normalized spacial score (nSPS) is 10.9. The highest BCUT2D eigenvalue weighted by Gasteiger charge is 2.18. The van der Waals surface area contributed by atoms with E-state index in [2.05, 4.69) is 0 Å². The van der Waals surface area contributed by atoms with Crippen molar-refractivity contribution in [1.82, 2.24) is 0 Å². The second kappa shape index (κ2) is 3.13. The van der Waals surface area contributed by atoms with Crippen molar-refractivity contribution >= 4 is 6.92 Å². The summed E-state index contributed by atoms with van der Waals surface area (Å²) in [6.07, 6.45) is 0. The zero-order chi connectivity index (χ0) is 6.73. The Morgan fingerprint density at radius 2 is 1.25 bits per heavy atom. The standard InChI is InChI=1S/C6H15BO/c1-5(2)7(8)6(3)4/h5-6,8H,1-4H3. The van der Waals surface area contributed by atoms with E-state index >= 15 is 0 Å². The van der Waals surface area contributed by atoms with E-state index < -0.39 is 0 Å². The van der Waals surface area contributed by atoms with Crippen molar-refractivity contribution in [2.75, 3.05) is 0 Å². The van der Waals surface area contributed by atoms with Crippen LogP contribution < -0.4 is 0 Å². The molecule has 0 aliphatic rings. The Hall–Kier alpha value is 0.0249. The summed E-state index contributed by atoms with van der Waals surface area (Å²) in [5, 5.41) is 9.20. The maximum Gasteiger partial charge on any atom is 0.294 e. The number of rotatable bonds is 2. The summed E-state index contributed by atoms with van der Waals surface area (Å²) >= 11 is 0. The minimum Gasteiger partial charge on any atom is -0.450 e. The Morgan fingerprint density at radius 1 is 1.00 bits per heavy atom. The molecule has 0 aromatic heterocycles. The van der Waals surface area contributed by atoms with Gasteiger partial charge in [0.2, 0.25) is 0 Å². The summed E-state index contributed by atoms with van der Waals surface area (Å²) in [6.45, 7) is 8.00. The van der Waals surface area contributed by atoms with Crippen LogP contribution in [0.4, 0.5) is 0 Å². The van der Waals surface area contributed by atoms with E-state index in [4.69, 9.17) is 0 Å². The molecule has 0 saturated heterocycles. The first-order chi connectivity index (χ1) is 3.55. The van der Waals surface area contributed by atoms with Crippen LogP contribution in [0.25, 0.3) is 0 Å². The molecule has 1 N–H and O–H groups in total. The maximum atomic E-state index is 9.20. The smallest absolute Gasteiger partial charge is 0.294 e. The van der Waals surface area contributed by atoms with E-state index in [1.165, 1.54) is 0 Å². The van der Waals surface area contributed by atoms with Crippen LogP contribution in [-0.2, 0) is 0 Å². The molecule has 0 amide bonds. The van der Waals surface area contributed by atoms with Crippen molar-refractivity contribution in [2.45, 2.75) is 39.3 Å². The average Bonchev–Trinajstić information content (AvgIpc) is 1.64. The third kappa shape index (κ3) is 2.36. The van der Waals surface area contributed by atoms with Gasteiger partial charge in [0.25, 0.3) is 6.92 Å². The fourth-order valence-corrected chi connectivity index (χ4v) is 0.770. The van der Waals surface area contributed by atoms with Gasteiger partial charge in [-0.15, -0.1) is 0 Å². The van der Waals surface area contributed by atoms with Gasteiger partial charge in [0.05, 0.1) is 0 Å². The Morgan fingerprint density at radius 3 is 1.25 bits per heavy atom. The lowest BCUT2D eigenvalue weighted by Crippen LogP contribution is -2.19. The average molecular weight is 114 g/mol. The zero-order valence-electron chi connectivity index (χ0n) is 6.18. The first kappa shape index (κ1) is 8.02. The van der Waals surface area contributed by atoms with Gasteiger partial charge in [0.1, 0.15) is 0 Å². The molecule has 0 fully saturated rings. The number of hydrogen-bond acceptors (Lipinski definition) is 1. The highest BCUT2D eigenvalue weighted by Crippen LogP contribution is 2.16. The van der Waals surface area contributed by atoms with Crippen molar-refractivity contribution in [3.63, 3.8) is 0 Å². The molecule has 0 atom stereocenters. The minimum atomic E-state index is -0.130. The van der Waals surface area contributed by atoms with Gasteiger partial charge in [0, 0.05) is 0 Å². The van der Waals surface area contributed by atoms with Crippen molar-refractivity contribution in [3.05, 3.63) is 0 Å². The molecule has 1 nitrogen and oxygen atoms in total. The summed E-state index contributed by atoms with van der Waals surface area (Å²) in [4.78, 5) is 0. The first-order valence-electron chi connectivity index (χ1n) is 3.23. The van der Waals surface area contributed by atoms with Gasteiger partial charge in [-0.25, -0.2) is 0 Å². The molecule has 0 aliphatic carbocycles. The first-order valence-corrected chi connectivity index (χ1v) is 3.23. The fourth-order valence-electron chi connectivity index (χ4n) is 0.770. The lowest BCUT2D eigenvalue weighted by Gasteiger charge is -2.12. The van der Waals surface area contributed by atoms with E-state index in [0.717, 1.165) is 0 Å². The predicted octanol–water partition coefficient (Wildman–Crippen LogP) is 1.79. The number of hydrogen-bond donors (Lipinski definition) is 1. The van der Waals surface area contributed by atoms with E-state index in [-0.39, 0.29) is 6.92 Å². The van der Waals surface area contributed by atoms with Crippen LogP contribution in [-0.4, -0.2) is 11.9 Å². The molecule has 0 aromatic rings. The van der Waals surface area contributed by atoms with Crippen LogP contribution in [0.2, 0.25) is 11.6 Å². The third-order valence-electron chi connectivity index (χ3n) is 1.37. The summed E-state index contributed by atoms with van der Waals surface area (Å²) in [5.41, 5.74) is 0. The van der Waals surface area contributed by atoms with Crippen molar-refractivity contribution in [2.24, 2.45) is 0 Å². The van der Waals surface area contributed by atoms with Crippen LogP contribution in [0, 0.1) is 0 Å². The molecular weight excluding hydrogens is 98.9 g/mol. The van der Waals surface area contributed by atoms with E-state index in [1.807, 2.05) is 27.7 Å². The molecule has 0 rings (SSSR count). The summed E-state index contributed by atoms with van der Waals surface area (Å²) < 4.78 is 0. The van der Waals surface area contributed by atoms with Gasteiger partial charge in [-0.05, 0) is 11.6 Å². The summed E-state index contributed by atoms with van der Waals surface area (Å²) in [7, 11) is 0. The molecule has 0 aromatic carbocycles. The molecule has 0 aliphatic heterocycles. The van der Waals surface area contributed by atoms with Crippen LogP contribution in [0.1, 0.15) is 27.7 Å². The lowest BCUT2D eigenvalue weighted by atomic mass is 9.50. The molecule has 48 valence electrons. The molecule has 0 spiro atoms. The molecule has 0 radical (unpaired) electrons. The van der Waals surface area contributed by atoms with Crippen LogP contribution >= 0.6 is 0 Å². The van der Waals surface area contributed by atoms with Gasteiger partial charge >= 0.3 is 0 Å². The Balaban J connectivity index is 3.46. The van der Waals surface area contributed by atoms with Gasteiger partial charge in [-0.2, -0.15) is 0 Å². The van der Waals surface area contributed by atoms with E-state index in [0.29, 0.717) is 11.6 Å². The Labute approximate surface area is 52.2 Å². The topological polar surface area (TPSA) is 20.2 Å². The lowest BCUT2D eigenvalue weighted by molar-refractivity contribution is 0.536. The van der Waals surface area contributed by atoms with E-state index in [9.17, 15) is 5.02 Å². The second-order valence-corrected chi connectivity index (χ2v) is 2.98. The third-order valence-corrected chi connectivity index (χ3v) is 1.37. The molecular formula is C6H15BO. The zero-order valence-corrected chi connectivity index (χ0v) is 6.18. The largest absolute Gasteiger partial charge is 0.450 e. The van der Waals surface area contributed by atoms with Crippen LogP contribution in [0.3, 0.4) is 0 Å². The quantitative estimate of drug-likeness (QED) is 0.542. The second-order valence-electron chi connectivity index (χ2n) is 2.98. The molecule has 2 heteroatoms. The van der Waals surface area contributed by atoms with Crippen LogP contribution in [0.15, 0.2) is 0 Å². The Kier molecular flexibility index (Phi) is 3.14. The van der Waals surface area contributed by atoms with Crippen molar-refractivity contribution in [3.8, 4) is 0 Å². The molecule has 0 bridgehead atoms. The van der Waals surface area contributed by atoms with Crippen molar-refractivity contribution < 1.29 is 5.02 Å². The van der Waals surface area contributed by atoms with Gasteiger partial charge in [-0.3, -0.25) is 0 Å². The fraction of sp³-hybridized carbons (Fsp3) is 1.00. The molecule has 0 saturated carbocycles. The summed E-state index contributed by atoms with van der Waals surface area (Å²) in [5.74, 6) is 0.796. The molecule has 0 heterocycles. The monoisotopic (exact) mass is 114 g/mol. The minimum absolute atomic E-state index is 0.130. The Bertz CT molecular complexity index is 53.5. The van der Waals surface area contributed by atoms with Gasteiger partial charge < -0.3 is 5.02 Å². The highest BCUT2D eigenvalue weighted by molar-refractivity contribution is 6.53. The van der Waals surface area contributed by atoms with Gasteiger partial charge in [0.15, 0.2) is 0 Å². The predicted molar refractivity (Wildman–Crippen MR) is 38.2 cm³/mol. The SMILES string of the molecule is CC(C)B(O)C(C)C. The van der Waals surface area contributed by atoms with Crippen LogP contribution in [0.5, 0.6) is 0 Å². The van der Waals surface area contributed by atoms with Gasteiger partial charge in [-0.1, -0.05) is 27.7 Å². The molecule has 0 unspecified atom stereocenters. The maximum absolute atomic E-state index is 9.20.